The van der Waals surface area contributed by atoms with Gasteiger partial charge in [-0.25, -0.2) is 0 Å². The molecule has 0 unspecified atom stereocenters. The van der Waals surface area contributed by atoms with Crippen LogP contribution in [0.5, 0.6) is 0 Å². The molecule has 22 heavy (non-hydrogen) atoms. The van der Waals surface area contributed by atoms with Gasteiger partial charge in [0.15, 0.2) is 0 Å². The number of nitrogens with zero attached hydrogens (tertiary/aromatic N) is 1. The number of hydrogen-bond acceptors (Lipinski definition) is 0. The third-order valence-electron chi connectivity index (χ3n) is 7.45. The third kappa shape index (κ3) is 2.23. The second kappa shape index (κ2) is 5.98. The molecule has 0 atom stereocenters. The molecule has 2 aliphatic rings. The maximum absolute atomic E-state index is 2.65. The zero-order valence-corrected chi connectivity index (χ0v) is 17.5. The van der Waals surface area contributed by atoms with Gasteiger partial charge in [0.2, 0.25) is 6.28 Å². The Bertz CT molecular complexity index is 510. The van der Waals surface area contributed by atoms with Crippen molar-refractivity contribution in [3.8, 4) is 0 Å². The zero-order chi connectivity index (χ0) is 16.8. The van der Waals surface area contributed by atoms with Gasteiger partial charge in [0.1, 0.15) is 8.07 Å². The van der Waals surface area contributed by atoms with E-state index < -0.39 is 14.4 Å². The van der Waals surface area contributed by atoms with E-state index in [-0.39, 0.29) is 0 Å². The van der Waals surface area contributed by atoms with E-state index in [4.69, 9.17) is 0 Å². The first-order valence-corrected chi connectivity index (χ1v) is 12.7. The normalized spacial score (nSPS) is 25.1. The van der Waals surface area contributed by atoms with Crippen LogP contribution >= 0.6 is 0 Å². The van der Waals surface area contributed by atoms with Crippen LogP contribution in [0.3, 0.4) is 0 Å². The molecule has 126 valence electrons. The highest BCUT2D eigenvalue weighted by atomic mass is 28.3. The van der Waals surface area contributed by atoms with Gasteiger partial charge < -0.3 is 4.39 Å². The molecule has 2 aliphatic heterocycles. The maximum Gasteiger partial charge on any atom is 0.236 e. The Kier molecular flexibility index (Phi) is 4.91. The molecule has 0 aromatic rings. The fourth-order valence-corrected chi connectivity index (χ4v) is 10.1. The molecular formula is C19H38BNSi. The molecule has 1 nitrogen and oxygen atoms in total. The van der Waals surface area contributed by atoms with Crippen LogP contribution in [0, 0.1) is 0 Å². The van der Waals surface area contributed by atoms with E-state index in [9.17, 15) is 0 Å². The lowest BCUT2D eigenvalue weighted by Gasteiger charge is -2.53. The van der Waals surface area contributed by atoms with Gasteiger partial charge in [0, 0.05) is 14.1 Å². The highest BCUT2D eigenvalue weighted by Gasteiger charge is 2.55. The van der Waals surface area contributed by atoms with Gasteiger partial charge in [-0.3, -0.25) is 0 Å². The Hall–Kier alpha value is -0.278. The average Bonchev–Trinajstić information content (AvgIpc) is 2.82. The van der Waals surface area contributed by atoms with Crippen molar-refractivity contribution in [3.05, 3.63) is 21.4 Å². The van der Waals surface area contributed by atoms with Crippen molar-refractivity contribution >= 4 is 14.4 Å². The summed E-state index contributed by atoms with van der Waals surface area (Å²) in [4.78, 5) is 0. The fraction of sp³-hybridized carbons (Fsp3) is 0.789. The van der Waals surface area contributed by atoms with Crippen LogP contribution in [0.4, 0.5) is 0 Å². The summed E-state index contributed by atoms with van der Waals surface area (Å²) in [6.07, 6.45) is 7.61. The smallest absolute Gasteiger partial charge is 0.236 e. The second-order valence-electron chi connectivity index (χ2n) is 8.88. The van der Waals surface area contributed by atoms with Crippen molar-refractivity contribution in [1.82, 2.24) is 0 Å². The summed E-state index contributed by atoms with van der Waals surface area (Å²) in [5, 5.41) is 3.86. The molecule has 0 spiro atoms. The van der Waals surface area contributed by atoms with E-state index in [2.05, 4.69) is 54.9 Å². The van der Waals surface area contributed by atoms with E-state index in [1.807, 2.05) is 21.4 Å². The average molecular weight is 319 g/mol. The van der Waals surface area contributed by atoms with Crippen LogP contribution < -0.4 is 0 Å². The van der Waals surface area contributed by atoms with Crippen LogP contribution in [0.1, 0.15) is 53.4 Å². The van der Waals surface area contributed by atoms with Crippen LogP contribution in [-0.2, 0) is 0 Å². The summed E-state index contributed by atoms with van der Waals surface area (Å²) in [5.41, 5.74) is 3.73. The Labute approximate surface area is 140 Å². The van der Waals surface area contributed by atoms with Gasteiger partial charge in [0.05, 0.1) is 6.54 Å². The standard InChI is InChI=1S/C19H38BNSi/c1-9-13-14-17-16(10-2)19-18(22(17,7)8)15-21(5,6)20(19,11-3)12-4/h9-15H2,1-8H3. The molecule has 2 heterocycles. The summed E-state index contributed by atoms with van der Waals surface area (Å²) in [7, 11) is 3.65. The number of quaternary nitrogens is 1. The van der Waals surface area contributed by atoms with Crippen LogP contribution in [0.15, 0.2) is 21.4 Å². The molecule has 0 aromatic heterocycles. The van der Waals surface area contributed by atoms with Crippen molar-refractivity contribution in [2.45, 2.75) is 79.1 Å². The lowest BCUT2D eigenvalue weighted by Crippen LogP contribution is -2.61. The monoisotopic (exact) mass is 319 g/mol. The molecule has 0 N–H and O–H groups in total. The van der Waals surface area contributed by atoms with Gasteiger partial charge in [-0.15, -0.1) is 18.1 Å². The Morgan fingerprint density at radius 1 is 1.05 bits per heavy atom. The first-order valence-electron chi connectivity index (χ1n) is 9.71. The van der Waals surface area contributed by atoms with E-state index in [1.54, 1.807) is 0 Å². The summed E-state index contributed by atoms with van der Waals surface area (Å²) >= 11 is 0. The number of allylic oxidation sites excluding steroid dienone is 3. The molecule has 0 saturated carbocycles. The molecule has 0 aromatic carbocycles. The molecule has 2 rings (SSSR count). The Morgan fingerprint density at radius 3 is 2.09 bits per heavy atom. The minimum atomic E-state index is -1.37. The summed E-state index contributed by atoms with van der Waals surface area (Å²) < 4.78 is 1.25. The molecule has 0 saturated heterocycles. The van der Waals surface area contributed by atoms with E-state index >= 15 is 0 Å². The van der Waals surface area contributed by atoms with Crippen molar-refractivity contribution in [3.63, 3.8) is 0 Å². The Balaban J connectivity index is 2.63. The first-order chi connectivity index (χ1) is 10.2. The van der Waals surface area contributed by atoms with Gasteiger partial charge in [-0.2, -0.15) is 0 Å². The van der Waals surface area contributed by atoms with E-state index in [1.165, 1.54) is 49.3 Å². The minimum absolute atomic E-state index is 0.423. The summed E-state index contributed by atoms with van der Waals surface area (Å²) in [6, 6.07) is 0. The molecule has 0 fully saturated rings. The van der Waals surface area contributed by atoms with Gasteiger partial charge in [-0.05, 0) is 12.8 Å². The topological polar surface area (TPSA) is 0 Å². The number of rotatable bonds is 6. The predicted molar refractivity (Wildman–Crippen MR) is 105 cm³/mol. The number of hydrogen-bond donors (Lipinski definition) is 0. The quantitative estimate of drug-likeness (QED) is 0.559. The third-order valence-corrected chi connectivity index (χ3v) is 11.4. The van der Waals surface area contributed by atoms with Gasteiger partial charge in [-0.1, -0.05) is 69.6 Å². The Morgan fingerprint density at radius 2 is 1.64 bits per heavy atom. The van der Waals surface area contributed by atoms with Crippen LogP contribution in [0.2, 0.25) is 25.7 Å². The number of likely N-dealkylation sites (N-methyl/N-ethyl adjacent to an activating group) is 1. The minimum Gasteiger partial charge on any atom is -0.513 e. The molecule has 3 heteroatoms. The largest absolute Gasteiger partial charge is 0.513 e. The van der Waals surface area contributed by atoms with Crippen LogP contribution in [-0.4, -0.2) is 39.4 Å². The first kappa shape index (κ1) is 18.1. The molecule has 0 amide bonds. The van der Waals surface area contributed by atoms with Crippen molar-refractivity contribution < 1.29 is 4.39 Å². The maximum atomic E-state index is 2.65. The highest BCUT2D eigenvalue weighted by Crippen LogP contribution is 2.54. The lowest BCUT2D eigenvalue weighted by molar-refractivity contribution is -0.781. The molecule has 0 radical (unpaired) electrons. The van der Waals surface area contributed by atoms with Crippen LogP contribution in [0.25, 0.3) is 0 Å². The van der Waals surface area contributed by atoms with Crippen molar-refractivity contribution in [2.75, 3.05) is 20.6 Å². The highest BCUT2D eigenvalue weighted by molar-refractivity contribution is 6.96. The lowest BCUT2D eigenvalue weighted by atomic mass is 9.25. The molecule has 0 bridgehead atoms. The van der Waals surface area contributed by atoms with Crippen molar-refractivity contribution in [2.24, 2.45) is 0 Å². The summed E-state index contributed by atoms with van der Waals surface area (Å²) in [5.74, 6) is 0. The van der Waals surface area contributed by atoms with E-state index in [0.717, 1.165) is 0 Å². The van der Waals surface area contributed by atoms with Crippen molar-refractivity contribution in [1.29, 1.82) is 0 Å². The molecule has 0 aliphatic carbocycles. The van der Waals surface area contributed by atoms with Gasteiger partial charge >= 0.3 is 0 Å². The zero-order valence-electron chi connectivity index (χ0n) is 16.5. The van der Waals surface area contributed by atoms with E-state index in [0.29, 0.717) is 0 Å². The predicted octanol–water partition coefficient (Wildman–Crippen LogP) is 5.59. The number of unbranched alkanes of at least 4 members (excludes halogenated alkanes) is 1. The SMILES string of the molecule is CCCCC1=C(CC)C2=C(C[N+](C)(C)[B-]2(CC)CC)[Si]1(C)C. The fourth-order valence-electron chi connectivity index (χ4n) is 6.01. The molecular weight excluding hydrogens is 281 g/mol. The second-order valence-corrected chi connectivity index (χ2v) is 13.3. The van der Waals surface area contributed by atoms with Gasteiger partial charge in [0.25, 0.3) is 0 Å². The summed E-state index contributed by atoms with van der Waals surface area (Å²) in [6.45, 7) is 16.3.